The number of carbonyl (C=O) groups excluding carboxylic acids is 1. The predicted molar refractivity (Wildman–Crippen MR) is 135 cm³/mol. The minimum Gasteiger partial charge on any atom is -0.492 e. The van der Waals surface area contributed by atoms with Crippen LogP contribution in [0.15, 0.2) is 24.3 Å². The first kappa shape index (κ1) is 34.4. The number of alkyl halides is 7. The van der Waals surface area contributed by atoms with Gasteiger partial charge in [-0.3, -0.25) is 0 Å². The molecule has 0 saturated heterocycles. The van der Waals surface area contributed by atoms with E-state index in [1.807, 2.05) is 0 Å². The fraction of sp³-hybridized carbons (Fsp3) is 0.704. The molecule has 0 aromatic heterocycles. The smallest absolute Gasteiger partial charge is 0.459 e. The fourth-order valence-corrected chi connectivity index (χ4v) is 4.47. The van der Waals surface area contributed by atoms with Crippen molar-refractivity contribution in [2.75, 3.05) is 26.3 Å². The molecule has 0 radical (unpaired) electrons. The predicted octanol–water partition coefficient (Wildman–Crippen LogP) is 6.45. The number of carboxylic acids is 1. The Morgan fingerprint density at radius 1 is 1.00 bits per heavy atom. The molecule has 0 bridgehead atoms. The van der Waals surface area contributed by atoms with Crippen LogP contribution in [0.25, 0.3) is 0 Å². The number of hydrogen-bond acceptors (Lipinski definition) is 4. The van der Waals surface area contributed by atoms with Gasteiger partial charge in [-0.1, -0.05) is 31.4 Å². The highest BCUT2D eigenvalue weighted by Gasteiger charge is 2.72. The van der Waals surface area contributed by atoms with Gasteiger partial charge in [-0.25, -0.2) is 9.59 Å². The number of urea groups is 1. The minimum atomic E-state index is -6.38. The highest BCUT2D eigenvalue weighted by molar-refractivity contribution is 5.74. The van der Waals surface area contributed by atoms with Crippen molar-refractivity contribution in [3.63, 3.8) is 0 Å². The number of rotatable bonds is 16. The molecule has 1 aromatic carbocycles. The molecular formula is C27H37F7N2O5. The van der Waals surface area contributed by atoms with Crippen LogP contribution in [0.1, 0.15) is 63.9 Å². The molecule has 2 amide bonds. The lowest BCUT2D eigenvalue weighted by Crippen LogP contribution is -2.51. The Hall–Kier alpha value is -2.77. The number of unbranched alkanes of at least 4 members (excludes halogenated alkanes) is 1. The summed E-state index contributed by atoms with van der Waals surface area (Å²) in [6.45, 7) is 1.76. The second-order valence-corrected chi connectivity index (χ2v) is 9.98. The molecule has 0 heterocycles. The van der Waals surface area contributed by atoms with E-state index in [1.165, 1.54) is 4.90 Å². The zero-order chi connectivity index (χ0) is 30.7. The molecule has 1 unspecified atom stereocenters. The summed E-state index contributed by atoms with van der Waals surface area (Å²) in [6.07, 6.45) is -5.34. The number of benzene rings is 1. The molecule has 234 valence electrons. The molecule has 2 rings (SSSR count). The van der Waals surface area contributed by atoms with E-state index >= 15 is 0 Å². The molecule has 1 aliphatic carbocycles. The zero-order valence-corrected chi connectivity index (χ0v) is 22.8. The number of carboxylic acid groups (broad SMARTS) is 1. The topological polar surface area (TPSA) is 88.1 Å². The number of hydrogen-bond donors (Lipinski definition) is 2. The average Bonchev–Trinajstić information content (AvgIpc) is 2.90. The summed E-state index contributed by atoms with van der Waals surface area (Å²) < 4.78 is 102. The molecule has 41 heavy (non-hydrogen) atoms. The molecule has 7 nitrogen and oxygen atoms in total. The van der Waals surface area contributed by atoms with Crippen molar-refractivity contribution in [1.29, 1.82) is 0 Å². The van der Waals surface area contributed by atoms with Crippen molar-refractivity contribution in [1.82, 2.24) is 10.2 Å². The second kappa shape index (κ2) is 15.5. The lowest BCUT2D eigenvalue weighted by molar-refractivity contribution is -0.355. The Labute approximate surface area is 234 Å². The van der Waals surface area contributed by atoms with Crippen LogP contribution in [-0.2, 0) is 16.0 Å². The van der Waals surface area contributed by atoms with E-state index in [9.17, 15) is 45.4 Å². The Morgan fingerprint density at radius 3 is 2.20 bits per heavy atom. The number of ether oxygens (including phenoxy) is 2. The van der Waals surface area contributed by atoms with E-state index < -0.39 is 49.0 Å². The van der Waals surface area contributed by atoms with Crippen LogP contribution in [0.3, 0.4) is 0 Å². The summed E-state index contributed by atoms with van der Waals surface area (Å²) in [6, 6.07) is 5.96. The Morgan fingerprint density at radius 2 is 1.63 bits per heavy atom. The van der Waals surface area contributed by atoms with Crippen LogP contribution in [-0.4, -0.2) is 78.5 Å². The van der Waals surface area contributed by atoms with Crippen LogP contribution in [0.4, 0.5) is 35.5 Å². The SMILES string of the molecule is CCOC(Cc1ccc(OCCN(CCCCC(F)(F)C(F)(F)C(F)(F)F)C(=O)NC2CCCCC2)cc1)C(=O)O. The van der Waals surface area contributed by atoms with Crippen LogP contribution in [0.5, 0.6) is 5.75 Å². The van der Waals surface area contributed by atoms with Gasteiger partial charge in [0.15, 0.2) is 6.10 Å². The average molecular weight is 603 g/mol. The maximum absolute atomic E-state index is 13.6. The van der Waals surface area contributed by atoms with Crippen molar-refractivity contribution in [2.24, 2.45) is 0 Å². The standard InChI is InChI=1S/C27H37F7N2O5/c1-2-40-22(23(37)38)18-19-10-12-21(13-11-19)41-17-16-36(24(39)35-20-8-4-3-5-9-20)15-7-6-14-25(28,29)26(30,31)27(32,33)34/h10-13,20,22H,2-9,14-18H2,1H3,(H,35,39)(H,37,38). The monoisotopic (exact) mass is 602 g/mol. The Balaban J connectivity index is 1.94. The molecule has 14 heteroatoms. The van der Waals surface area contributed by atoms with Crippen molar-refractivity contribution < 1.29 is 54.9 Å². The van der Waals surface area contributed by atoms with E-state index in [0.29, 0.717) is 11.3 Å². The van der Waals surface area contributed by atoms with Gasteiger partial charge in [-0.2, -0.15) is 30.7 Å². The fourth-order valence-electron chi connectivity index (χ4n) is 4.47. The lowest BCUT2D eigenvalue weighted by atomic mass is 9.96. The molecule has 1 aromatic rings. The molecule has 1 atom stereocenters. The first-order valence-corrected chi connectivity index (χ1v) is 13.6. The van der Waals surface area contributed by atoms with Crippen LogP contribution >= 0.6 is 0 Å². The van der Waals surface area contributed by atoms with Crippen LogP contribution in [0.2, 0.25) is 0 Å². The van der Waals surface area contributed by atoms with Crippen molar-refractivity contribution >= 4 is 12.0 Å². The first-order valence-electron chi connectivity index (χ1n) is 13.6. The zero-order valence-electron chi connectivity index (χ0n) is 22.8. The van der Waals surface area contributed by atoms with Gasteiger partial charge in [-0.15, -0.1) is 0 Å². The van der Waals surface area contributed by atoms with E-state index in [2.05, 4.69) is 5.32 Å². The van der Waals surface area contributed by atoms with Gasteiger partial charge in [0.1, 0.15) is 12.4 Å². The van der Waals surface area contributed by atoms with Gasteiger partial charge in [-0.05, 0) is 50.3 Å². The number of amides is 2. The van der Waals surface area contributed by atoms with Crippen LogP contribution < -0.4 is 10.1 Å². The third kappa shape index (κ3) is 10.5. The largest absolute Gasteiger partial charge is 0.492 e. The van der Waals surface area contributed by atoms with E-state index in [-0.39, 0.29) is 45.2 Å². The first-order chi connectivity index (χ1) is 19.2. The molecule has 1 aliphatic rings. The van der Waals surface area contributed by atoms with Crippen LogP contribution in [0, 0.1) is 0 Å². The van der Waals surface area contributed by atoms with Crippen molar-refractivity contribution in [3.05, 3.63) is 29.8 Å². The minimum absolute atomic E-state index is 0.000830. The third-order valence-electron chi connectivity index (χ3n) is 6.82. The molecule has 2 N–H and O–H groups in total. The summed E-state index contributed by atoms with van der Waals surface area (Å²) in [7, 11) is 0. The number of carbonyl (C=O) groups is 2. The quantitative estimate of drug-likeness (QED) is 0.168. The maximum atomic E-state index is 13.6. The summed E-state index contributed by atoms with van der Waals surface area (Å²) in [4.78, 5) is 25.4. The van der Waals surface area contributed by atoms with Crippen molar-refractivity contribution in [2.45, 2.75) is 94.9 Å². The summed E-state index contributed by atoms with van der Waals surface area (Å²) in [5, 5.41) is 12.1. The van der Waals surface area contributed by atoms with Gasteiger partial charge >= 0.3 is 30.0 Å². The number of nitrogens with one attached hydrogen (secondary N) is 1. The third-order valence-corrected chi connectivity index (χ3v) is 6.82. The highest BCUT2D eigenvalue weighted by Crippen LogP contribution is 2.48. The number of aliphatic carboxylic acids is 1. The lowest BCUT2D eigenvalue weighted by Gasteiger charge is -2.29. The van der Waals surface area contributed by atoms with Gasteiger partial charge < -0.3 is 24.8 Å². The molecule has 1 saturated carbocycles. The van der Waals surface area contributed by atoms with E-state index in [4.69, 9.17) is 9.47 Å². The van der Waals surface area contributed by atoms with E-state index in [0.717, 1.165) is 32.1 Å². The van der Waals surface area contributed by atoms with Gasteiger partial charge in [0, 0.05) is 32.0 Å². The summed E-state index contributed by atoms with van der Waals surface area (Å²) in [5.41, 5.74) is 0.694. The molecule has 0 aliphatic heterocycles. The van der Waals surface area contributed by atoms with E-state index in [1.54, 1.807) is 31.2 Å². The Kier molecular flexibility index (Phi) is 13.0. The number of nitrogens with zero attached hydrogens (tertiary/aromatic N) is 1. The van der Waals surface area contributed by atoms with Gasteiger partial charge in [0.05, 0.1) is 6.54 Å². The molecular weight excluding hydrogens is 565 g/mol. The second-order valence-electron chi connectivity index (χ2n) is 9.98. The van der Waals surface area contributed by atoms with Gasteiger partial charge in [0.2, 0.25) is 0 Å². The summed E-state index contributed by atoms with van der Waals surface area (Å²) in [5.74, 6) is -12.1. The molecule has 0 spiro atoms. The number of halogens is 7. The highest BCUT2D eigenvalue weighted by atomic mass is 19.4. The van der Waals surface area contributed by atoms with Crippen molar-refractivity contribution in [3.8, 4) is 5.75 Å². The maximum Gasteiger partial charge on any atom is 0.459 e. The van der Waals surface area contributed by atoms with Gasteiger partial charge in [0.25, 0.3) is 0 Å². The Bertz CT molecular complexity index is 954. The normalized spacial score (nSPS) is 15.8. The summed E-state index contributed by atoms with van der Waals surface area (Å²) >= 11 is 0. The molecule has 1 fully saturated rings.